The molecule has 0 aliphatic rings. The third-order valence-corrected chi connectivity index (χ3v) is 18.7. The SMILES string of the molecule is CCCCC/C=C\C/C=C\CCCCCCCC(=O)OC[C@H](COP(=O)(O)OC[C@H](O)COP(=O)(O)OC[C@@H](COC(=O)CCCCCCCCCCCCCCC)OC(=O)CCCCCCCCCCCCCCC)OC(=O)CCCCCCC/C=C\C=C/CCCCCC. The van der Waals surface area contributed by atoms with Crippen molar-refractivity contribution in [2.45, 2.75) is 380 Å². The molecular weight excluding hydrogens is 1260 g/mol. The third-order valence-electron chi connectivity index (χ3n) is 16.8. The summed E-state index contributed by atoms with van der Waals surface area (Å²) in [7, 11) is -9.93. The molecular formula is C77H142O17P2. The minimum atomic E-state index is -4.97. The van der Waals surface area contributed by atoms with Gasteiger partial charge in [-0.15, -0.1) is 0 Å². The minimum absolute atomic E-state index is 0.0790. The zero-order valence-electron chi connectivity index (χ0n) is 61.3. The highest BCUT2D eigenvalue weighted by atomic mass is 31.2. The van der Waals surface area contributed by atoms with Gasteiger partial charge in [0.2, 0.25) is 0 Å². The van der Waals surface area contributed by atoms with Gasteiger partial charge >= 0.3 is 39.5 Å². The van der Waals surface area contributed by atoms with Crippen LogP contribution in [0.4, 0.5) is 0 Å². The van der Waals surface area contributed by atoms with Crippen LogP contribution < -0.4 is 0 Å². The number of aliphatic hydroxyl groups is 1. The Morgan fingerprint density at radius 2 is 0.542 bits per heavy atom. The van der Waals surface area contributed by atoms with E-state index >= 15 is 0 Å². The molecule has 0 fully saturated rings. The number of esters is 4. The van der Waals surface area contributed by atoms with Gasteiger partial charge in [0.05, 0.1) is 26.4 Å². The van der Waals surface area contributed by atoms with Gasteiger partial charge in [-0.2, -0.15) is 0 Å². The quantitative estimate of drug-likeness (QED) is 0.0128. The zero-order valence-corrected chi connectivity index (χ0v) is 63.1. The van der Waals surface area contributed by atoms with Crippen LogP contribution in [0, 0.1) is 0 Å². The van der Waals surface area contributed by atoms with E-state index in [-0.39, 0.29) is 25.7 Å². The fourth-order valence-corrected chi connectivity index (χ4v) is 12.4. The molecule has 0 amide bonds. The molecule has 3 N–H and O–H groups in total. The highest BCUT2D eigenvalue weighted by Gasteiger charge is 2.30. The number of unbranched alkanes of at least 4 members (excludes halogenated alkanes) is 41. The highest BCUT2D eigenvalue weighted by Crippen LogP contribution is 2.45. The molecule has 5 atom stereocenters. The van der Waals surface area contributed by atoms with Gasteiger partial charge in [0.1, 0.15) is 19.3 Å². The Bertz CT molecular complexity index is 2010. The van der Waals surface area contributed by atoms with E-state index in [4.69, 9.17) is 37.0 Å². The molecule has 0 saturated heterocycles. The van der Waals surface area contributed by atoms with Gasteiger partial charge in [-0.05, 0) is 83.5 Å². The Morgan fingerprint density at radius 3 is 0.865 bits per heavy atom. The van der Waals surface area contributed by atoms with Gasteiger partial charge in [0.15, 0.2) is 12.2 Å². The number of phosphoric ester groups is 2. The van der Waals surface area contributed by atoms with Gasteiger partial charge in [-0.25, -0.2) is 9.13 Å². The second-order valence-corrected chi connectivity index (χ2v) is 29.2. The summed E-state index contributed by atoms with van der Waals surface area (Å²) in [6.45, 7) is 4.86. The van der Waals surface area contributed by atoms with E-state index in [1.54, 1.807) is 0 Å². The van der Waals surface area contributed by atoms with Crippen molar-refractivity contribution in [3.05, 3.63) is 48.6 Å². The number of ether oxygens (including phenoxy) is 4. The molecule has 0 rings (SSSR count). The first-order valence-corrected chi connectivity index (χ1v) is 41.9. The monoisotopic (exact) mass is 1400 g/mol. The fourth-order valence-electron chi connectivity index (χ4n) is 10.8. The van der Waals surface area contributed by atoms with Crippen molar-refractivity contribution in [3.8, 4) is 0 Å². The molecule has 0 aromatic heterocycles. The van der Waals surface area contributed by atoms with E-state index in [1.165, 1.54) is 154 Å². The van der Waals surface area contributed by atoms with Crippen LogP contribution in [0.1, 0.15) is 362 Å². The summed E-state index contributed by atoms with van der Waals surface area (Å²) in [5, 5.41) is 10.6. The van der Waals surface area contributed by atoms with Crippen molar-refractivity contribution in [1.29, 1.82) is 0 Å². The number of hydrogen-bond donors (Lipinski definition) is 3. The van der Waals surface area contributed by atoms with E-state index in [0.29, 0.717) is 25.7 Å². The molecule has 0 bridgehead atoms. The van der Waals surface area contributed by atoms with E-state index in [1.807, 2.05) is 0 Å². The third kappa shape index (κ3) is 69.5. The van der Waals surface area contributed by atoms with Crippen LogP contribution in [0.3, 0.4) is 0 Å². The molecule has 0 aromatic carbocycles. The minimum Gasteiger partial charge on any atom is -0.462 e. The van der Waals surface area contributed by atoms with Crippen LogP contribution in [0.25, 0.3) is 0 Å². The summed E-state index contributed by atoms with van der Waals surface area (Å²) < 4.78 is 68.5. The van der Waals surface area contributed by atoms with Crippen molar-refractivity contribution in [2.75, 3.05) is 39.6 Å². The summed E-state index contributed by atoms with van der Waals surface area (Å²) in [4.78, 5) is 72.8. The molecule has 562 valence electrons. The molecule has 17 nitrogen and oxygen atoms in total. The Morgan fingerprint density at radius 1 is 0.302 bits per heavy atom. The molecule has 19 heteroatoms. The lowest BCUT2D eigenvalue weighted by Crippen LogP contribution is -2.30. The van der Waals surface area contributed by atoms with Crippen molar-refractivity contribution in [1.82, 2.24) is 0 Å². The smallest absolute Gasteiger partial charge is 0.462 e. The number of hydrogen-bond acceptors (Lipinski definition) is 15. The molecule has 0 aliphatic heterocycles. The molecule has 0 aromatic rings. The number of aliphatic hydroxyl groups excluding tert-OH is 1. The number of carbonyl (C=O) groups excluding carboxylic acids is 4. The number of phosphoric acid groups is 2. The van der Waals surface area contributed by atoms with Gasteiger partial charge in [0, 0.05) is 25.7 Å². The van der Waals surface area contributed by atoms with Crippen molar-refractivity contribution < 1.29 is 80.2 Å². The predicted octanol–water partition coefficient (Wildman–Crippen LogP) is 22.1. The second kappa shape index (κ2) is 70.5. The van der Waals surface area contributed by atoms with Crippen molar-refractivity contribution in [2.24, 2.45) is 0 Å². The normalized spacial score (nSPS) is 14.2. The molecule has 0 aliphatic carbocycles. The Hall–Kier alpha value is -2.98. The highest BCUT2D eigenvalue weighted by molar-refractivity contribution is 7.47. The van der Waals surface area contributed by atoms with Crippen LogP contribution in [-0.2, 0) is 65.4 Å². The van der Waals surface area contributed by atoms with Gasteiger partial charge < -0.3 is 33.8 Å². The zero-order chi connectivity index (χ0) is 70.4. The van der Waals surface area contributed by atoms with Crippen molar-refractivity contribution >= 4 is 39.5 Å². The average molecular weight is 1400 g/mol. The lowest BCUT2D eigenvalue weighted by Gasteiger charge is -2.21. The van der Waals surface area contributed by atoms with E-state index in [9.17, 15) is 43.2 Å². The van der Waals surface area contributed by atoms with Crippen LogP contribution in [0.5, 0.6) is 0 Å². The van der Waals surface area contributed by atoms with E-state index in [0.717, 1.165) is 128 Å². The predicted molar refractivity (Wildman–Crippen MR) is 390 cm³/mol. The molecule has 0 radical (unpaired) electrons. The number of carbonyl (C=O) groups is 4. The van der Waals surface area contributed by atoms with E-state index in [2.05, 4.69) is 76.3 Å². The van der Waals surface area contributed by atoms with Crippen LogP contribution in [0.2, 0.25) is 0 Å². The molecule has 2 unspecified atom stereocenters. The van der Waals surface area contributed by atoms with Crippen molar-refractivity contribution in [3.63, 3.8) is 0 Å². The largest absolute Gasteiger partial charge is 0.472 e. The molecule has 0 heterocycles. The van der Waals surface area contributed by atoms with Crippen LogP contribution in [0.15, 0.2) is 48.6 Å². The fraction of sp³-hybridized carbons (Fsp3) is 0.844. The maximum Gasteiger partial charge on any atom is 0.472 e. The summed E-state index contributed by atoms with van der Waals surface area (Å²) in [6.07, 6.45) is 66.6. The van der Waals surface area contributed by atoms with Gasteiger partial charge in [-0.3, -0.25) is 37.3 Å². The summed E-state index contributed by atoms with van der Waals surface area (Å²) in [6, 6.07) is 0. The van der Waals surface area contributed by atoms with Gasteiger partial charge in [-0.1, -0.05) is 301 Å². The first-order valence-electron chi connectivity index (χ1n) is 38.9. The summed E-state index contributed by atoms with van der Waals surface area (Å²) >= 11 is 0. The first kappa shape index (κ1) is 93.0. The average Bonchev–Trinajstić information content (AvgIpc) is 1.36. The Labute approximate surface area is 585 Å². The summed E-state index contributed by atoms with van der Waals surface area (Å²) in [5.41, 5.74) is 0. The maximum absolute atomic E-state index is 13.1. The number of allylic oxidation sites excluding steroid dienone is 8. The first-order chi connectivity index (χ1) is 46.7. The Balaban J connectivity index is 5.33. The lowest BCUT2D eigenvalue weighted by molar-refractivity contribution is -0.161. The maximum atomic E-state index is 13.1. The topological polar surface area (TPSA) is 237 Å². The molecule has 96 heavy (non-hydrogen) atoms. The lowest BCUT2D eigenvalue weighted by atomic mass is 10.0. The summed E-state index contributed by atoms with van der Waals surface area (Å²) in [5.74, 6) is -2.17. The van der Waals surface area contributed by atoms with Gasteiger partial charge in [0.25, 0.3) is 0 Å². The molecule has 0 spiro atoms. The Kier molecular flexibility index (Phi) is 68.3. The van der Waals surface area contributed by atoms with Crippen LogP contribution in [-0.4, -0.2) is 96.7 Å². The second-order valence-electron chi connectivity index (χ2n) is 26.3. The van der Waals surface area contributed by atoms with Crippen LogP contribution >= 0.6 is 15.6 Å². The number of rotatable bonds is 74. The molecule has 0 saturated carbocycles. The van der Waals surface area contributed by atoms with E-state index < -0.39 is 97.5 Å². The standard InChI is InChI=1S/C77H142O17P2/c1-5-9-13-17-21-25-29-33-35-39-42-46-50-54-58-62-75(80)88-68-73(94-77(82)64-60-56-52-48-44-40-36-34-30-26-22-18-14-10-6-2)70-92-96(85,86)90-66-71(78)65-89-95(83,84)91-69-72(93-76(81)63-59-55-51-47-43-38-32-28-24-20-16-12-8-4)67-87-74(79)61-57-53-49-45-41-37-31-27-23-19-15-11-7-3/h21,25-26,30,33-36,71-73,78H,5-20,22-24,27-29,31-32,37-70H2,1-4H3,(H,83,84)(H,85,86)/b25-21-,30-26-,35-33-,36-34-/t71-,72-,73-/m1/s1.